The Morgan fingerprint density at radius 3 is 2.39 bits per heavy atom. The number of halogens is 5. The Hall–Kier alpha value is -4.16. The van der Waals surface area contributed by atoms with Crippen LogP contribution in [0.3, 0.4) is 0 Å². The average molecular weight is 595 g/mol. The first-order valence-electron chi connectivity index (χ1n) is 12.1. The molecule has 0 saturated carbocycles. The summed E-state index contributed by atoms with van der Waals surface area (Å²) in [5, 5.41) is 11.7. The topological polar surface area (TPSA) is 96.8 Å². The molecule has 1 aromatic heterocycles. The van der Waals surface area contributed by atoms with Crippen LogP contribution in [0, 0.1) is 5.82 Å². The van der Waals surface area contributed by atoms with Crippen molar-refractivity contribution in [1.82, 2.24) is 14.9 Å². The molecule has 8 nitrogen and oxygen atoms in total. The summed E-state index contributed by atoms with van der Waals surface area (Å²) in [5.74, 6) is -1.24. The number of aliphatic carboxylic acids is 1. The number of hydrogen-bond donors (Lipinski definition) is 2. The molecule has 0 radical (unpaired) electrons. The van der Waals surface area contributed by atoms with E-state index in [1.165, 1.54) is 18.5 Å². The van der Waals surface area contributed by atoms with Gasteiger partial charge in [0.25, 0.3) is 0 Å². The number of benzene rings is 3. The highest BCUT2D eigenvalue weighted by Crippen LogP contribution is 2.34. The second-order valence-electron chi connectivity index (χ2n) is 8.99. The zero-order valence-electron chi connectivity index (χ0n) is 22.2. The van der Waals surface area contributed by atoms with E-state index in [9.17, 15) is 17.6 Å². The minimum atomic E-state index is -5.08. The van der Waals surface area contributed by atoms with Crippen LogP contribution in [0.1, 0.15) is 12.5 Å². The first kappa shape index (κ1) is 31.4. The van der Waals surface area contributed by atoms with Crippen molar-refractivity contribution in [1.29, 1.82) is 0 Å². The minimum Gasteiger partial charge on any atom is -0.491 e. The van der Waals surface area contributed by atoms with Crippen LogP contribution in [-0.2, 0) is 11.4 Å². The number of carboxylic acids is 1. The summed E-state index contributed by atoms with van der Waals surface area (Å²) < 4.78 is 57.0. The van der Waals surface area contributed by atoms with E-state index in [0.717, 1.165) is 22.2 Å². The number of alkyl halides is 3. The molecule has 0 spiro atoms. The van der Waals surface area contributed by atoms with Crippen LogP contribution in [0.2, 0.25) is 5.02 Å². The van der Waals surface area contributed by atoms with E-state index in [2.05, 4.69) is 27.1 Å². The second-order valence-corrected chi connectivity index (χ2v) is 9.40. The fraction of sp³-hybridized carbons (Fsp3) is 0.250. The van der Waals surface area contributed by atoms with Gasteiger partial charge in [0.1, 0.15) is 42.7 Å². The lowest BCUT2D eigenvalue weighted by Gasteiger charge is -2.21. The number of likely N-dealkylation sites (N-methyl/N-ethyl adjacent to an activating group) is 1. The zero-order chi connectivity index (χ0) is 30.2. The molecule has 0 aliphatic carbocycles. The molecule has 218 valence electrons. The molecule has 4 aromatic rings. The number of carboxylic acid groups (broad SMARTS) is 1. The monoisotopic (exact) mass is 594 g/mol. The molecule has 41 heavy (non-hydrogen) atoms. The van der Waals surface area contributed by atoms with Crippen molar-refractivity contribution in [2.45, 2.75) is 25.7 Å². The molecule has 1 unspecified atom stereocenters. The predicted octanol–water partition coefficient (Wildman–Crippen LogP) is 6.71. The third-order valence-electron chi connectivity index (χ3n) is 5.71. The van der Waals surface area contributed by atoms with Gasteiger partial charge in [0.05, 0.1) is 15.9 Å². The Bertz CT molecular complexity index is 1480. The van der Waals surface area contributed by atoms with Crippen molar-refractivity contribution in [2.24, 2.45) is 0 Å². The quantitative estimate of drug-likeness (QED) is 0.207. The average Bonchev–Trinajstić information content (AvgIpc) is 2.91. The molecule has 0 bridgehead atoms. The normalized spacial score (nSPS) is 11.9. The van der Waals surface area contributed by atoms with E-state index >= 15 is 0 Å². The van der Waals surface area contributed by atoms with E-state index in [1.54, 1.807) is 24.3 Å². The summed E-state index contributed by atoms with van der Waals surface area (Å²) in [4.78, 5) is 19.8. The third kappa shape index (κ3) is 9.19. The summed E-state index contributed by atoms with van der Waals surface area (Å²) >= 11 is 6.46. The Kier molecular flexibility index (Phi) is 10.7. The molecule has 0 amide bonds. The van der Waals surface area contributed by atoms with Crippen LogP contribution in [0.5, 0.6) is 11.5 Å². The molecule has 1 atom stereocenters. The Balaban J connectivity index is 0.000000587. The Labute approximate surface area is 238 Å². The number of nitrogens with one attached hydrogen (secondary N) is 1. The molecule has 13 heteroatoms. The van der Waals surface area contributed by atoms with Gasteiger partial charge in [-0.25, -0.2) is 19.2 Å². The van der Waals surface area contributed by atoms with Gasteiger partial charge in [0.2, 0.25) is 0 Å². The number of carbonyl (C=O) groups is 1. The Morgan fingerprint density at radius 1 is 1.05 bits per heavy atom. The van der Waals surface area contributed by atoms with Crippen LogP contribution >= 0.6 is 11.6 Å². The maximum absolute atomic E-state index is 13.4. The van der Waals surface area contributed by atoms with Crippen LogP contribution < -0.4 is 14.8 Å². The van der Waals surface area contributed by atoms with E-state index < -0.39 is 12.1 Å². The Morgan fingerprint density at radius 2 is 1.76 bits per heavy atom. The molecular formula is C28H27ClF4N4O4. The maximum atomic E-state index is 13.4. The highest BCUT2D eigenvalue weighted by molar-refractivity contribution is 6.32. The van der Waals surface area contributed by atoms with E-state index in [1.807, 2.05) is 38.4 Å². The van der Waals surface area contributed by atoms with E-state index in [-0.39, 0.29) is 18.5 Å². The summed E-state index contributed by atoms with van der Waals surface area (Å²) in [6, 6.07) is 17.6. The highest BCUT2D eigenvalue weighted by atomic mass is 35.5. The fourth-order valence-electron chi connectivity index (χ4n) is 3.27. The van der Waals surface area contributed by atoms with Gasteiger partial charge in [-0.15, -0.1) is 0 Å². The molecule has 0 fully saturated rings. The van der Waals surface area contributed by atoms with E-state index in [0.29, 0.717) is 28.9 Å². The number of anilines is 2. The molecule has 0 saturated heterocycles. The predicted molar refractivity (Wildman–Crippen MR) is 147 cm³/mol. The summed E-state index contributed by atoms with van der Waals surface area (Å²) in [6.45, 7) is 2.84. The highest BCUT2D eigenvalue weighted by Gasteiger charge is 2.38. The van der Waals surface area contributed by atoms with Crippen molar-refractivity contribution in [2.75, 3.05) is 26.0 Å². The van der Waals surface area contributed by atoms with Gasteiger partial charge < -0.3 is 24.8 Å². The van der Waals surface area contributed by atoms with Crippen molar-refractivity contribution in [3.63, 3.8) is 0 Å². The summed E-state index contributed by atoms with van der Waals surface area (Å²) in [5.41, 5.74) is 2.23. The molecule has 0 aliphatic rings. The van der Waals surface area contributed by atoms with Gasteiger partial charge in [-0.1, -0.05) is 29.8 Å². The van der Waals surface area contributed by atoms with Crippen molar-refractivity contribution in [3.8, 4) is 11.5 Å². The number of fused-ring (bicyclic) bond motifs is 1. The second kappa shape index (κ2) is 14.0. The van der Waals surface area contributed by atoms with E-state index in [4.69, 9.17) is 31.0 Å². The van der Waals surface area contributed by atoms with Crippen LogP contribution in [0.4, 0.5) is 29.1 Å². The SMILES string of the molecule is CC(COc1cccc2ncnc(Nc3ccc(OCc4cccc(F)c4)c(Cl)c3)c12)N(C)C.O=C(O)C(F)(F)F. The zero-order valence-corrected chi connectivity index (χ0v) is 23.0. The van der Waals surface area contributed by atoms with Gasteiger partial charge in [0.15, 0.2) is 0 Å². The fourth-order valence-corrected chi connectivity index (χ4v) is 3.51. The lowest BCUT2D eigenvalue weighted by molar-refractivity contribution is -0.192. The number of rotatable bonds is 9. The first-order valence-corrected chi connectivity index (χ1v) is 12.5. The smallest absolute Gasteiger partial charge is 0.490 e. The van der Waals surface area contributed by atoms with Crippen LogP contribution in [0.25, 0.3) is 10.9 Å². The van der Waals surface area contributed by atoms with Crippen molar-refractivity contribution < 1.29 is 36.9 Å². The minimum absolute atomic E-state index is 0.215. The molecule has 1 heterocycles. The number of nitrogens with zero attached hydrogens (tertiary/aromatic N) is 3. The van der Waals surface area contributed by atoms with Gasteiger partial charge in [-0.3, -0.25) is 0 Å². The van der Waals surface area contributed by atoms with Crippen LogP contribution in [0.15, 0.2) is 67.0 Å². The molecular weight excluding hydrogens is 568 g/mol. The largest absolute Gasteiger partial charge is 0.491 e. The molecule has 3 aromatic carbocycles. The number of hydrogen-bond acceptors (Lipinski definition) is 7. The van der Waals surface area contributed by atoms with Gasteiger partial charge in [0, 0.05) is 11.7 Å². The first-order chi connectivity index (χ1) is 19.3. The van der Waals surface area contributed by atoms with Gasteiger partial charge in [-0.2, -0.15) is 13.2 Å². The van der Waals surface area contributed by atoms with Crippen LogP contribution in [-0.4, -0.2) is 58.9 Å². The van der Waals surface area contributed by atoms with Gasteiger partial charge >= 0.3 is 12.1 Å². The third-order valence-corrected chi connectivity index (χ3v) is 6.00. The number of ether oxygens (including phenoxy) is 2. The molecule has 2 N–H and O–H groups in total. The summed E-state index contributed by atoms with van der Waals surface area (Å²) in [7, 11) is 4.03. The molecule has 4 rings (SSSR count). The molecule has 0 aliphatic heterocycles. The van der Waals surface area contributed by atoms with Crippen molar-refractivity contribution in [3.05, 3.63) is 83.4 Å². The number of aromatic nitrogens is 2. The van der Waals surface area contributed by atoms with Crippen molar-refractivity contribution >= 4 is 40.0 Å². The van der Waals surface area contributed by atoms with Gasteiger partial charge in [-0.05, 0) is 69.0 Å². The lowest BCUT2D eigenvalue weighted by Crippen LogP contribution is -2.30. The lowest BCUT2D eigenvalue weighted by atomic mass is 10.2. The standard InChI is InChI=1S/C26H26ClFN4O2.C2HF3O2/c1-17(32(2)3)14-33-24-9-5-8-22-25(24)26(30-16-29-22)31-20-10-11-23(21(27)13-20)34-15-18-6-4-7-19(28)12-18;3-2(4,5)1(6)7/h4-13,16-17H,14-15H2,1-3H3,(H,29,30,31);(H,6,7). The summed E-state index contributed by atoms with van der Waals surface area (Å²) in [6.07, 6.45) is -3.57. The maximum Gasteiger partial charge on any atom is 0.490 e.